The first-order valence-electron chi connectivity index (χ1n) is 9.81. The highest BCUT2D eigenvalue weighted by molar-refractivity contribution is 5.82. The number of carbonyl (C=O) groups is 1. The van der Waals surface area contributed by atoms with Crippen LogP contribution in [-0.4, -0.2) is 66.3 Å². The Kier molecular flexibility index (Phi) is 6.56. The zero-order valence-corrected chi connectivity index (χ0v) is 17.8. The molecular formula is C20H26F3N5O3. The number of piperazine rings is 1. The van der Waals surface area contributed by atoms with Gasteiger partial charge in [0, 0.05) is 31.4 Å². The number of amides is 1. The average molecular weight is 441 g/mol. The molecule has 1 aliphatic rings. The molecule has 170 valence electrons. The van der Waals surface area contributed by atoms with E-state index in [1.807, 2.05) is 31.0 Å². The summed E-state index contributed by atoms with van der Waals surface area (Å²) in [7, 11) is 1.55. The normalized spacial score (nSPS) is 18.1. The van der Waals surface area contributed by atoms with Crippen LogP contribution in [0.5, 0.6) is 5.75 Å². The maximum Gasteiger partial charge on any atom is 0.405 e. The number of rotatable bonds is 6. The summed E-state index contributed by atoms with van der Waals surface area (Å²) < 4.78 is 48.6. The van der Waals surface area contributed by atoms with Gasteiger partial charge in [-0.25, -0.2) is 4.98 Å². The van der Waals surface area contributed by atoms with E-state index in [0.717, 1.165) is 5.56 Å². The summed E-state index contributed by atoms with van der Waals surface area (Å²) in [6.45, 7) is 5.51. The molecule has 0 aliphatic carbocycles. The molecule has 8 nitrogen and oxygen atoms in total. The van der Waals surface area contributed by atoms with Crippen molar-refractivity contribution >= 4 is 5.91 Å². The van der Waals surface area contributed by atoms with Crippen LogP contribution in [0.15, 0.2) is 22.9 Å². The predicted molar refractivity (Wildman–Crippen MR) is 106 cm³/mol. The van der Waals surface area contributed by atoms with E-state index < -0.39 is 30.2 Å². The molecule has 11 heteroatoms. The van der Waals surface area contributed by atoms with Crippen molar-refractivity contribution in [3.63, 3.8) is 0 Å². The second-order valence-electron chi connectivity index (χ2n) is 7.89. The number of carbonyl (C=O) groups excluding carboxylic acids is 1. The van der Waals surface area contributed by atoms with Crippen LogP contribution in [0.1, 0.15) is 25.4 Å². The number of nitrogens with one attached hydrogen (secondary N) is 2. The van der Waals surface area contributed by atoms with Crippen molar-refractivity contribution in [3.05, 3.63) is 30.0 Å². The molecule has 1 fully saturated rings. The molecule has 2 aromatic rings. The number of halogens is 3. The van der Waals surface area contributed by atoms with E-state index in [1.165, 1.54) is 0 Å². The van der Waals surface area contributed by atoms with Crippen molar-refractivity contribution in [2.75, 3.05) is 33.3 Å². The van der Waals surface area contributed by atoms with Gasteiger partial charge in [0.05, 0.1) is 30.6 Å². The molecule has 0 aromatic carbocycles. The number of hydrogen-bond donors (Lipinski definition) is 2. The Balaban J connectivity index is 1.77. The lowest BCUT2D eigenvalue weighted by atomic mass is 10.00. The van der Waals surface area contributed by atoms with Gasteiger partial charge in [-0.3, -0.25) is 14.7 Å². The van der Waals surface area contributed by atoms with Crippen LogP contribution in [0.25, 0.3) is 11.3 Å². The van der Waals surface area contributed by atoms with Gasteiger partial charge in [0.2, 0.25) is 11.8 Å². The van der Waals surface area contributed by atoms with E-state index in [0.29, 0.717) is 36.2 Å². The summed E-state index contributed by atoms with van der Waals surface area (Å²) in [5.74, 6) is 0.900. The lowest BCUT2D eigenvalue weighted by Gasteiger charge is -2.41. The second kappa shape index (κ2) is 8.83. The largest absolute Gasteiger partial charge is 0.495 e. The maximum absolute atomic E-state index is 12.4. The van der Waals surface area contributed by atoms with Crippen LogP contribution >= 0.6 is 0 Å². The van der Waals surface area contributed by atoms with Gasteiger partial charge in [-0.1, -0.05) is 0 Å². The van der Waals surface area contributed by atoms with Crippen LogP contribution in [0.4, 0.5) is 13.2 Å². The van der Waals surface area contributed by atoms with Crippen molar-refractivity contribution in [1.29, 1.82) is 0 Å². The molecule has 3 heterocycles. The molecule has 2 aromatic heterocycles. The molecule has 2 N–H and O–H groups in total. The number of hydrogen-bond acceptors (Lipinski definition) is 7. The van der Waals surface area contributed by atoms with Crippen LogP contribution in [0, 0.1) is 6.92 Å². The Morgan fingerprint density at radius 1 is 1.39 bits per heavy atom. The Morgan fingerprint density at radius 3 is 2.81 bits per heavy atom. The molecule has 1 atom stereocenters. The predicted octanol–water partition coefficient (Wildman–Crippen LogP) is 2.24. The van der Waals surface area contributed by atoms with Crippen LogP contribution in [-0.2, 0) is 10.3 Å². The van der Waals surface area contributed by atoms with Gasteiger partial charge in [0.1, 0.15) is 12.3 Å². The fourth-order valence-corrected chi connectivity index (χ4v) is 3.46. The molecule has 1 saturated heterocycles. The maximum atomic E-state index is 12.4. The van der Waals surface area contributed by atoms with Crippen LogP contribution < -0.4 is 15.4 Å². The molecule has 0 unspecified atom stereocenters. The van der Waals surface area contributed by atoms with Crippen molar-refractivity contribution in [2.24, 2.45) is 0 Å². The smallest absolute Gasteiger partial charge is 0.405 e. The molecule has 1 amide bonds. The van der Waals surface area contributed by atoms with E-state index in [9.17, 15) is 18.0 Å². The van der Waals surface area contributed by atoms with Gasteiger partial charge >= 0.3 is 6.18 Å². The van der Waals surface area contributed by atoms with E-state index in [4.69, 9.17) is 9.15 Å². The standard InChI is InChI=1S/C20H26F3N5O3/c1-12-16(13-7-14(30-4)9-24-8-13)31-18(27-12)19(2,3)28-6-5-25-15(10-28)17(29)26-11-20(21,22)23/h7-9,15,25H,5-6,10-11H2,1-4H3,(H,26,29)/t15-/m0/s1. The number of ether oxygens (including phenoxy) is 1. The van der Waals surface area contributed by atoms with Gasteiger partial charge in [-0.15, -0.1) is 0 Å². The third kappa shape index (κ3) is 5.34. The Labute approximate surface area is 178 Å². The average Bonchev–Trinajstić information content (AvgIpc) is 3.14. The second-order valence-corrected chi connectivity index (χ2v) is 7.89. The summed E-state index contributed by atoms with van der Waals surface area (Å²) >= 11 is 0. The number of methoxy groups -OCH3 is 1. The fraction of sp³-hybridized carbons (Fsp3) is 0.550. The number of aryl methyl sites for hydroxylation is 1. The molecule has 3 rings (SSSR count). The first-order valence-corrected chi connectivity index (χ1v) is 9.81. The number of oxazole rings is 1. The van der Waals surface area contributed by atoms with Gasteiger partial charge in [-0.2, -0.15) is 13.2 Å². The molecule has 0 spiro atoms. The number of aromatic nitrogens is 2. The number of alkyl halides is 3. The molecule has 0 bridgehead atoms. The topological polar surface area (TPSA) is 92.5 Å². The third-order valence-corrected chi connectivity index (χ3v) is 5.28. The lowest BCUT2D eigenvalue weighted by Crippen LogP contribution is -2.61. The van der Waals surface area contributed by atoms with Crippen molar-refractivity contribution in [2.45, 2.75) is 38.5 Å². The third-order valence-electron chi connectivity index (χ3n) is 5.28. The van der Waals surface area contributed by atoms with Crippen molar-refractivity contribution in [1.82, 2.24) is 25.5 Å². The summed E-state index contributed by atoms with van der Waals surface area (Å²) in [6, 6.07) is 1.02. The van der Waals surface area contributed by atoms with Crippen LogP contribution in [0.3, 0.4) is 0 Å². The minimum Gasteiger partial charge on any atom is -0.495 e. The van der Waals surface area contributed by atoms with E-state index in [2.05, 4.69) is 15.3 Å². The highest BCUT2D eigenvalue weighted by atomic mass is 19.4. The van der Waals surface area contributed by atoms with Gasteiger partial charge in [0.25, 0.3) is 0 Å². The monoisotopic (exact) mass is 441 g/mol. The quantitative estimate of drug-likeness (QED) is 0.710. The SMILES string of the molecule is COc1cncc(-c2oc(C(C)(C)N3CCN[C@H](C(=O)NCC(F)(F)F)C3)nc2C)c1. The first kappa shape index (κ1) is 23.0. The molecule has 1 aliphatic heterocycles. The highest BCUT2D eigenvalue weighted by Crippen LogP contribution is 2.34. The van der Waals surface area contributed by atoms with E-state index in [-0.39, 0.29) is 6.54 Å². The van der Waals surface area contributed by atoms with Crippen molar-refractivity contribution in [3.8, 4) is 17.1 Å². The summed E-state index contributed by atoms with van der Waals surface area (Å²) in [5, 5.41) is 4.91. The zero-order chi connectivity index (χ0) is 22.8. The van der Waals surface area contributed by atoms with Gasteiger partial charge in [-0.05, 0) is 26.8 Å². The van der Waals surface area contributed by atoms with Gasteiger partial charge < -0.3 is 19.8 Å². The minimum atomic E-state index is -4.45. The lowest BCUT2D eigenvalue weighted by molar-refractivity contribution is -0.140. The van der Waals surface area contributed by atoms with Crippen molar-refractivity contribution < 1.29 is 27.1 Å². The molecular weight excluding hydrogens is 415 g/mol. The van der Waals surface area contributed by atoms with E-state index >= 15 is 0 Å². The van der Waals surface area contributed by atoms with Gasteiger partial charge in [0.15, 0.2) is 5.76 Å². The van der Waals surface area contributed by atoms with Crippen LogP contribution in [0.2, 0.25) is 0 Å². The van der Waals surface area contributed by atoms with E-state index in [1.54, 1.807) is 25.6 Å². The number of pyridine rings is 1. The fourth-order valence-electron chi connectivity index (χ4n) is 3.46. The summed E-state index contributed by atoms with van der Waals surface area (Å²) in [6.07, 6.45) is -1.21. The Bertz CT molecular complexity index is 929. The summed E-state index contributed by atoms with van der Waals surface area (Å²) in [5.41, 5.74) is 0.698. The highest BCUT2D eigenvalue weighted by Gasteiger charge is 2.39. The molecule has 31 heavy (non-hydrogen) atoms. The first-order chi connectivity index (χ1) is 14.5. The Morgan fingerprint density at radius 2 is 2.13 bits per heavy atom. The number of nitrogens with zero attached hydrogens (tertiary/aromatic N) is 3. The zero-order valence-electron chi connectivity index (χ0n) is 17.8. The minimum absolute atomic E-state index is 0.216. The molecule has 0 saturated carbocycles. The molecule has 0 radical (unpaired) electrons. The summed E-state index contributed by atoms with van der Waals surface area (Å²) in [4.78, 5) is 22.9. The Hall–Kier alpha value is -2.66.